The summed E-state index contributed by atoms with van der Waals surface area (Å²) in [6.45, 7) is 3.59. The van der Waals surface area contributed by atoms with Crippen LogP contribution in [0.4, 0.5) is 11.4 Å². The fourth-order valence-corrected chi connectivity index (χ4v) is 6.44. The average Bonchev–Trinajstić information content (AvgIpc) is 3.62. The fraction of sp³-hybridized carbons (Fsp3) is 0.444. The molecule has 2 N–H and O–H groups in total. The van der Waals surface area contributed by atoms with Gasteiger partial charge in [-0.3, -0.25) is 14.6 Å². The minimum Gasteiger partial charge on any atom is -0.380 e. The highest BCUT2D eigenvalue weighted by Gasteiger charge is 2.52. The minimum atomic E-state index is -0.162. The molecule has 2 bridgehead atoms. The van der Waals surface area contributed by atoms with E-state index in [1.54, 1.807) is 0 Å². The van der Waals surface area contributed by atoms with Crippen molar-refractivity contribution in [1.29, 1.82) is 0 Å². The van der Waals surface area contributed by atoms with Gasteiger partial charge < -0.3 is 19.9 Å². The zero-order chi connectivity index (χ0) is 22.6. The van der Waals surface area contributed by atoms with E-state index in [1.807, 2.05) is 11.1 Å². The quantitative estimate of drug-likeness (QED) is 0.629. The van der Waals surface area contributed by atoms with Crippen molar-refractivity contribution in [2.45, 2.75) is 50.2 Å². The molecule has 4 atom stereocenters. The first-order valence-electron chi connectivity index (χ1n) is 12.6. The number of amides is 1. The minimum absolute atomic E-state index is 0.0108. The highest BCUT2D eigenvalue weighted by Crippen LogP contribution is 2.39. The van der Waals surface area contributed by atoms with Crippen LogP contribution in [0.25, 0.3) is 10.9 Å². The summed E-state index contributed by atoms with van der Waals surface area (Å²) >= 11 is 0. The lowest BCUT2D eigenvalue weighted by molar-refractivity contribution is -0.235. The van der Waals surface area contributed by atoms with E-state index in [0.29, 0.717) is 0 Å². The smallest absolute Gasteiger partial charge is 0.246 e. The van der Waals surface area contributed by atoms with Crippen molar-refractivity contribution in [2.75, 3.05) is 36.4 Å². The van der Waals surface area contributed by atoms with Gasteiger partial charge in [0.15, 0.2) is 0 Å². The predicted molar refractivity (Wildman–Crippen MR) is 133 cm³/mol. The maximum Gasteiger partial charge on any atom is 0.246 e. The normalized spacial score (nSPS) is 27.2. The number of carbonyl (C=O) groups is 1. The number of rotatable bonds is 4. The first-order valence-corrected chi connectivity index (χ1v) is 12.6. The molecule has 1 aromatic heterocycles. The van der Waals surface area contributed by atoms with Gasteiger partial charge >= 0.3 is 0 Å². The highest BCUT2D eigenvalue weighted by atomic mass is 16.6. The standard InChI is InChI=1S/C27H31N5O2/c33-27(32-24-10-11-25(32)34-24)26(22-9-8-18-4-1-2-5-20(18)29-22)31-16-14-30(15-17-31)23-7-3-6-21-19(23)12-13-28-21/h1-7,12-13,22,24-26,28-29H,8-11,14-17H2/t22?,24-,25?,26?/m1/s1. The summed E-state index contributed by atoms with van der Waals surface area (Å²) in [6, 6.07) is 17.1. The van der Waals surface area contributed by atoms with Crippen LogP contribution in [-0.2, 0) is 16.0 Å². The van der Waals surface area contributed by atoms with Crippen molar-refractivity contribution < 1.29 is 9.53 Å². The van der Waals surface area contributed by atoms with E-state index >= 15 is 0 Å². The number of aromatic nitrogens is 1. The van der Waals surface area contributed by atoms with E-state index in [-0.39, 0.29) is 30.4 Å². The molecule has 6 heterocycles. The molecule has 7 nitrogen and oxygen atoms in total. The predicted octanol–water partition coefficient (Wildman–Crippen LogP) is 3.39. The van der Waals surface area contributed by atoms with E-state index in [2.05, 4.69) is 68.6 Å². The van der Waals surface area contributed by atoms with Crippen LogP contribution in [0.15, 0.2) is 54.7 Å². The number of hydrogen-bond acceptors (Lipinski definition) is 5. The van der Waals surface area contributed by atoms with Gasteiger partial charge in [-0.05, 0) is 55.5 Å². The van der Waals surface area contributed by atoms with Gasteiger partial charge in [0.05, 0.1) is 6.04 Å². The number of aryl methyl sites for hydroxylation is 1. The fourth-order valence-electron chi connectivity index (χ4n) is 6.44. The molecule has 4 fully saturated rings. The Labute approximate surface area is 199 Å². The number of H-pyrrole nitrogens is 1. The third-order valence-electron chi connectivity index (χ3n) is 8.19. The molecule has 7 heteroatoms. The Bertz CT molecular complexity index is 1200. The number of anilines is 2. The number of carbonyl (C=O) groups excluding carboxylic acids is 1. The van der Waals surface area contributed by atoms with E-state index in [4.69, 9.17) is 4.74 Å². The molecule has 4 saturated heterocycles. The largest absolute Gasteiger partial charge is 0.380 e. The topological polar surface area (TPSA) is 63.8 Å². The molecule has 1 amide bonds. The average molecular weight is 458 g/mol. The van der Waals surface area contributed by atoms with Crippen LogP contribution in [0.1, 0.15) is 24.8 Å². The summed E-state index contributed by atoms with van der Waals surface area (Å²) in [5.41, 5.74) is 4.98. The van der Waals surface area contributed by atoms with E-state index in [9.17, 15) is 4.79 Å². The maximum atomic E-state index is 13.9. The maximum absolute atomic E-state index is 13.9. The van der Waals surface area contributed by atoms with Crippen LogP contribution < -0.4 is 10.2 Å². The molecule has 176 valence electrons. The molecule has 0 aliphatic carbocycles. The van der Waals surface area contributed by atoms with Gasteiger partial charge in [-0.2, -0.15) is 0 Å². The Kier molecular flexibility index (Phi) is 4.81. The molecular weight excluding hydrogens is 426 g/mol. The van der Waals surface area contributed by atoms with Gasteiger partial charge in [-0.15, -0.1) is 0 Å². The monoisotopic (exact) mass is 457 g/mol. The summed E-state index contributed by atoms with van der Waals surface area (Å²) in [6.07, 6.45) is 5.91. The Morgan fingerprint density at radius 3 is 2.59 bits per heavy atom. The molecule has 5 aliphatic rings. The third-order valence-corrected chi connectivity index (χ3v) is 8.19. The van der Waals surface area contributed by atoms with Gasteiger partial charge in [-0.25, -0.2) is 0 Å². The Balaban J connectivity index is 1.13. The number of para-hydroxylation sites is 1. The molecule has 2 aromatic carbocycles. The lowest BCUT2D eigenvalue weighted by Gasteiger charge is -2.48. The number of aromatic amines is 1. The summed E-state index contributed by atoms with van der Waals surface area (Å²) in [7, 11) is 0. The Hall–Kier alpha value is -3.03. The number of piperazine rings is 1. The number of fused-ring (bicyclic) bond motifs is 3. The van der Waals surface area contributed by atoms with Gasteiger partial charge in [0.1, 0.15) is 18.5 Å². The zero-order valence-corrected chi connectivity index (χ0v) is 19.3. The first kappa shape index (κ1) is 20.4. The first-order chi connectivity index (χ1) is 16.8. The van der Waals surface area contributed by atoms with Crippen molar-refractivity contribution in [1.82, 2.24) is 14.8 Å². The summed E-state index contributed by atoms with van der Waals surface area (Å²) in [5.74, 6) is 0.247. The summed E-state index contributed by atoms with van der Waals surface area (Å²) in [4.78, 5) is 24.2. The van der Waals surface area contributed by atoms with Gasteiger partial charge in [0.25, 0.3) is 0 Å². The van der Waals surface area contributed by atoms with Gasteiger partial charge in [-0.1, -0.05) is 24.3 Å². The second-order valence-corrected chi connectivity index (χ2v) is 10.00. The van der Waals surface area contributed by atoms with Crippen LogP contribution in [0.3, 0.4) is 0 Å². The number of nitrogens with zero attached hydrogens (tertiary/aromatic N) is 3. The molecule has 3 unspecified atom stereocenters. The number of nitrogens with one attached hydrogen (secondary N) is 2. The van der Waals surface area contributed by atoms with Crippen molar-refractivity contribution >= 4 is 28.2 Å². The number of ether oxygens (including phenoxy) is 1. The summed E-state index contributed by atoms with van der Waals surface area (Å²) < 4.78 is 5.83. The molecule has 3 aromatic rings. The van der Waals surface area contributed by atoms with Crippen LogP contribution in [0, 0.1) is 0 Å². The van der Waals surface area contributed by atoms with Crippen molar-refractivity contribution in [3.63, 3.8) is 0 Å². The lowest BCUT2D eigenvalue weighted by Crippen LogP contribution is -2.66. The summed E-state index contributed by atoms with van der Waals surface area (Å²) in [5, 5.41) is 5.01. The molecule has 0 spiro atoms. The Morgan fingerprint density at radius 1 is 0.941 bits per heavy atom. The SMILES string of the molecule is O=C(C(C1CCc2ccccc2N1)N1CCN(c2cccc3[nH]ccc23)CC1)N1C2CC[C@H]1O2. The molecule has 0 saturated carbocycles. The molecular formula is C27H31N5O2. The Morgan fingerprint density at radius 2 is 1.76 bits per heavy atom. The van der Waals surface area contributed by atoms with E-state index in [1.165, 1.54) is 27.8 Å². The van der Waals surface area contributed by atoms with Crippen molar-refractivity contribution in [3.05, 3.63) is 60.3 Å². The second kappa shape index (κ2) is 8.03. The molecule has 0 radical (unpaired) electrons. The third kappa shape index (κ3) is 3.21. The van der Waals surface area contributed by atoms with Crippen molar-refractivity contribution in [2.24, 2.45) is 0 Å². The molecule has 5 aliphatic heterocycles. The second-order valence-electron chi connectivity index (χ2n) is 10.00. The lowest BCUT2D eigenvalue weighted by atomic mass is 9.91. The van der Waals surface area contributed by atoms with E-state index in [0.717, 1.165) is 51.9 Å². The van der Waals surface area contributed by atoms with Crippen LogP contribution in [-0.4, -0.2) is 71.4 Å². The molecule has 34 heavy (non-hydrogen) atoms. The van der Waals surface area contributed by atoms with Crippen LogP contribution in [0.5, 0.6) is 0 Å². The van der Waals surface area contributed by atoms with Gasteiger partial charge in [0.2, 0.25) is 5.91 Å². The zero-order valence-electron chi connectivity index (χ0n) is 19.3. The number of benzene rings is 2. The molecule has 8 rings (SSSR count). The van der Waals surface area contributed by atoms with Crippen LogP contribution in [0.2, 0.25) is 0 Å². The van der Waals surface area contributed by atoms with Crippen molar-refractivity contribution in [3.8, 4) is 0 Å². The van der Waals surface area contributed by atoms with Gasteiger partial charge in [0, 0.05) is 54.7 Å². The highest BCUT2D eigenvalue weighted by molar-refractivity contribution is 5.92. The van der Waals surface area contributed by atoms with E-state index < -0.39 is 0 Å². The number of hydrogen-bond donors (Lipinski definition) is 2. The van der Waals surface area contributed by atoms with Crippen LogP contribution >= 0.6 is 0 Å².